The molecule has 2 rings (SSSR count). The van der Waals surface area contributed by atoms with Gasteiger partial charge in [-0.1, -0.05) is 12.1 Å². The lowest BCUT2D eigenvalue weighted by Gasteiger charge is -2.23. The van der Waals surface area contributed by atoms with Crippen LogP contribution in [-0.4, -0.2) is 12.9 Å². The van der Waals surface area contributed by atoms with E-state index in [1.807, 2.05) is 30.3 Å². The van der Waals surface area contributed by atoms with Gasteiger partial charge in [-0.05, 0) is 30.5 Å². The van der Waals surface area contributed by atoms with Crippen LogP contribution in [0.4, 0.5) is 0 Å². The van der Waals surface area contributed by atoms with Gasteiger partial charge >= 0.3 is 0 Å². The Bertz CT molecular complexity index is 478. The molecule has 0 bridgehead atoms. The maximum absolute atomic E-state index is 8.99. The second-order valence-corrected chi connectivity index (χ2v) is 4.53. The zero-order chi connectivity index (χ0) is 13.5. The molecule has 19 heavy (non-hydrogen) atoms. The summed E-state index contributed by atoms with van der Waals surface area (Å²) in [6.45, 7) is 0.751. The van der Waals surface area contributed by atoms with Crippen molar-refractivity contribution in [1.82, 2.24) is 0 Å². The van der Waals surface area contributed by atoms with E-state index in [9.17, 15) is 0 Å². The average molecular weight is 256 g/mol. The third-order valence-corrected chi connectivity index (χ3v) is 3.14. The Kier molecular flexibility index (Phi) is 4.78. The van der Waals surface area contributed by atoms with Gasteiger partial charge in [-0.15, -0.1) is 0 Å². The summed E-state index contributed by atoms with van der Waals surface area (Å²) in [6.07, 6.45) is 3.18. The van der Waals surface area contributed by atoms with Crippen LogP contribution < -0.4 is 4.74 Å². The molecule has 0 radical (unpaired) electrons. The average Bonchev–Trinajstić information content (AvgIpc) is 2.47. The van der Waals surface area contributed by atoms with Gasteiger partial charge in [0.15, 0.2) is 6.29 Å². The van der Waals surface area contributed by atoms with E-state index in [2.05, 4.69) is 6.07 Å². The van der Waals surface area contributed by atoms with E-state index in [0.717, 1.165) is 37.2 Å². The lowest BCUT2D eigenvalue weighted by atomic mass is 9.98. The van der Waals surface area contributed by atoms with Crippen molar-refractivity contribution in [1.29, 1.82) is 10.5 Å². The lowest BCUT2D eigenvalue weighted by molar-refractivity contribution is -0.105. The molecule has 1 aliphatic rings. The summed E-state index contributed by atoms with van der Waals surface area (Å²) in [6, 6.07) is 11.5. The molecule has 4 nitrogen and oxygen atoms in total. The van der Waals surface area contributed by atoms with Crippen molar-refractivity contribution in [2.75, 3.05) is 6.61 Å². The van der Waals surface area contributed by atoms with E-state index in [0.29, 0.717) is 0 Å². The maximum Gasteiger partial charge on any atom is 0.199 e. The number of rotatable bonds is 4. The third-order valence-electron chi connectivity index (χ3n) is 3.14. The summed E-state index contributed by atoms with van der Waals surface area (Å²) in [5.74, 6) is 0.370. The van der Waals surface area contributed by atoms with Crippen LogP contribution in [0.1, 0.15) is 37.2 Å². The van der Waals surface area contributed by atoms with Crippen LogP contribution in [-0.2, 0) is 4.74 Å². The minimum Gasteiger partial charge on any atom is -0.465 e. The van der Waals surface area contributed by atoms with Crippen LogP contribution in [0.2, 0.25) is 0 Å². The van der Waals surface area contributed by atoms with Gasteiger partial charge in [0.05, 0.1) is 31.1 Å². The predicted octanol–water partition coefficient (Wildman–Crippen LogP) is 3.11. The molecule has 0 N–H and O–H groups in total. The van der Waals surface area contributed by atoms with E-state index < -0.39 is 0 Å². The fourth-order valence-corrected chi connectivity index (χ4v) is 2.06. The molecule has 1 saturated heterocycles. The first-order chi connectivity index (χ1) is 9.33. The monoisotopic (exact) mass is 256 g/mol. The number of hydrogen-bond donors (Lipinski definition) is 0. The molecule has 1 aromatic rings. The third kappa shape index (κ3) is 3.71. The zero-order valence-corrected chi connectivity index (χ0v) is 10.7. The molecule has 0 spiro atoms. The first-order valence-corrected chi connectivity index (χ1v) is 6.48. The van der Waals surface area contributed by atoms with Crippen molar-refractivity contribution >= 4 is 0 Å². The Morgan fingerprint density at radius 1 is 1.26 bits per heavy atom. The van der Waals surface area contributed by atoms with E-state index in [4.69, 9.17) is 20.0 Å². The zero-order valence-electron chi connectivity index (χ0n) is 10.7. The molecule has 0 aromatic heterocycles. The molecule has 1 fully saturated rings. The molecular formula is C15H16N2O2. The highest BCUT2D eigenvalue weighted by Crippen LogP contribution is 2.23. The highest BCUT2D eigenvalue weighted by Gasteiger charge is 2.15. The van der Waals surface area contributed by atoms with Crippen molar-refractivity contribution in [3.05, 3.63) is 29.8 Å². The Labute approximate surface area is 113 Å². The van der Waals surface area contributed by atoms with Crippen molar-refractivity contribution in [2.45, 2.75) is 37.9 Å². The number of hydrogen-bond acceptors (Lipinski definition) is 4. The highest BCUT2D eigenvalue weighted by atomic mass is 16.7. The highest BCUT2D eigenvalue weighted by molar-refractivity contribution is 5.32. The minimum absolute atomic E-state index is 0.162. The summed E-state index contributed by atoms with van der Waals surface area (Å²) in [7, 11) is 0. The Morgan fingerprint density at radius 2 is 2.05 bits per heavy atom. The minimum atomic E-state index is -0.370. The van der Waals surface area contributed by atoms with Gasteiger partial charge < -0.3 is 9.47 Å². The molecule has 2 atom stereocenters. The number of ether oxygens (including phenoxy) is 2. The van der Waals surface area contributed by atoms with Crippen LogP contribution in [0.25, 0.3) is 0 Å². The molecule has 2 unspecified atom stereocenters. The van der Waals surface area contributed by atoms with E-state index in [1.165, 1.54) is 0 Å². The van der Waals surface area contributed by atoms with Gasteiger partial charge in [-0.3, -0.25) is 0 Å². The molecule has 4 heteroatoms. The molecule has 0 aliphatic carbocycles. The van der Waals surface area contributed by atoms with Crippen LogP contribution >= 0.6 is 0 Å². The summed E-state index contributed by atoms with van der Waals surface area (Å²) in [4.78, 5) is 0. The molecular weight excluding hydrogens is 240 g/mol. The van der Waals surface area contributed by atoms with Crippen LogP contribution in [0, 0.1) is 22.7 Å². The molecule has 0 saturated carbocycles. The number of benzene rings is 1. The second kappa shape index (κ2) is 6.78. The second-order valence-electron chi connectivity index (χ2n) is 4.53. The van der Waals surface area contributed by atoms with Crippen molar-refractivity contribution in [2.24, 2.45) is 0 Å². The van der Waals surface area contributed by atoms with Crippen molar-refractivity contribution < 1.29 is 9.47 Å². The Balaban J connectivity index is 1.98. The molecule has 1 aromatic carbocycles. The van der Waals surface area contributed by atoms with Gasteiger partial charge in [0.1, 0.15) is 5.75 Å². The van der Waals surface area contributed by atoms with Gasteiger partial charge in [0.2, 0.25) is 0 Å². The van der Waals surface area contributed by atoms with E-state index >= 15 is 0 Å². The van der Waals surface area contributed by atoms with Gasteiger partial charge in [-0.2, -0.15) is 10.5 Å². The summed E-state index contributed by atoms with van der Waals surface area (Å²) in [5, 5.41) is 17.6. The first-order valence-electron chi connectivity index (χ1n) is 6.48. The van der Waals surface area contributed by atoms with E-state index in [-0.39, 0.29) is 18.6 Å². The lowest BCUT2D eigenvalue weighted by Crippen LogP contribution is -2.24. The molecule has 0 amide bonds. The molecule has 1 heterocycles. The van der Waals surface area contributed by atoms with Gasteiger partial charge in [-0.25, -0.2) is 0 Å². The summed E-state index contributed by atoms with van der Waals surface area (Å²) < 4.78 is 11.2. The molecule has 98 valence electrons. The van der Waals surface area contributed by atoms with Crippen molar-refractivity contribution in [3.8, 4) is 17.9 Å². The van der Waals surface area contributed by atoms with Crippen LogP contribution in [0.3, 0.4) is 0 Å². The topological polar surface area (TPSA) is 66.0 Å². The van der Waals surface area contributed by atoms with Crippen LogP contribution in [0.15, 0.2) is 24.3 Å². The quantitative estimate of drug-likeness (QED) is 0.830. The summed E-state index contributed by atoms with van der Waals surface area (Å²) in [5.41, 5.74) is 0.848. The Hall–Kier alpha value is -2.04. The Morgan fingerprint density at radius 3 is 2.63 bits per heavy atom. The van der Waals surface area contributed by atoms with Crippen LogP contribution in [0.5, 0.6) is 5.75 Å². The van der Waals surface area contributed by atoms with Gasteiger partial charge in [0, 0.05) is 6.42 Å². The largest absolute Gasteiger partial charge is 0.465 e. The standard InChI is InChI=1S/C15H16N2O2/c16-9-8-13(11-17)12-4-6-14(7-5-12)19-15-3-1-2-10-18-15/h4-7,13,15H,1-3,8,10H2. The maximum atomic E-state index is 8.99. The summed E-state index contributed by atoms with van der Waals surface area (Å²) >= 11 is 0. The predicted molar refractivity (Wildman–Crippen MR) is 69.2 cm³/mol. The van der Waals surface area contributed by atoms with Gasteiger partial charge in [0.25, 0.3) is 0 Å². The normalized spacial score (nSPS) is 20.0. The smallest absolute Gasteiger partial charge is 0.199 e. The fraction of sp³-hybridized carbons (Fsp3) is 0.467. The first kappa shape index (κ1) is 13.4. The number of nitriles is 2. The SMILES string of the molecule is N#CCC(C#N)c1ccc(OC2CCCCO2)cc1. The van der Waals surface area contributed by atoms with E-state index in [1.54, 1.807) is 0 Å². The fourth-order valence-electron chi connectivity index (χ4n) is 2.06. The van der Waals surface area contributed by atoms with Crippen molar-refractivity contribution in [3.63, 3.8) is 0 Å². The number of nitrogens with zero attached hydrogens (tertiary/aromatic N) is 2. The molecule has 1 aliphatic heterocycles.